The number of aromatic nitrogens is 4. The summed E-state index contributed by atoms with van der Waals surface area (Å²) in [5.41, 5.74) is 2.33. The van der Waals surface area contributed by atoms with Crippen LogP contribution < -0.4 is 0 Å². The summed E-state index contributed by atoms with van der Waals surface area (Å²) in [6.45, 7) is 2.18. The highest BCUT2D eigenvalue weighted by Crippen LogP contribution is 2.34. The van der Waals surface area contributed by atoms with E-state index in [4.69, 9.17) is 0 Å². The second kappa shape index (κ2) is 10.3. The van der Waals surface area contributed by atoms with Gasteiger partial charge in [0.25, 0.3) is 5.91 Å². The monoisotopic (exact) mass is 528 g/mol. The minimum absolute atomic E-state index is 0.0320. The largest absolute Gasteiger partial charge is 0.435 e. The fourth-order valence-corrected chi connectivity index (χ4v) is 5.54. The first-order valence-electron chi connectivity index (χ1n) is 12.9. The Hall–Kier alpha value is -3.63. The number of hydrogen-bond acceptors (Lipinski definition) is 4. The van der Waals surface area contributed by atoms with E-state index in [1.165, 1.54) is 18.1 Å². The fourth-order valence-electron chi connectivity index (χ4n) is 5.54. The average Bonchev–Trinajstić information content (AvgIpc) is 3.55. The van der Waals surface area contributed by atoms with Crippen LogP contribution in [0.4, 0.5) is 13.2 Å². The van der Waals surface area contributed by atoms with Gasteiger partial charge in [0.1, 0.15) is 6.54 Å². The van der Waals surface area contributed by atoms with E-state index in [1.54, 1.807) is 22.0 Å². The fraction of sp³-hybridized carbons (Fsp3) is 0.481. The Labute approximate surface area is 219 Å². The van der Waals surface area contributed by atoms with Gasteiger partial charge in [0, 0.05) is 32.0 Å². The predicted octanol–water partition coefficient (Wildman–Crippen LogP) is 4.42. The van der Waals surface area contributed by atoms with Crippen LogP contribution in [-0.2, 0) is 23.9 Å². The smallest absolute Gasteiger partial charge is 0.341 e. The Bertz CT molecular complexity index is 1320. The van der Waals surface area contributed by atoms with E-state index in [0.717, 1.165) is 30.0 Å². The molecule has 3 heterocycles. The van der Waals surface area contributed by atoms with Crippen molar-refractivity contribution >= 4 is 11.8 Å². The standard InChI is InChI=1S/C27H31F3N6O2/c1-18-14-24(27(28,29)30)32-35(18)17-25(37)34-12-10-21(11-13-34)36-16-20(15-31-36)26(38)33(2)23-9-5-7-19-6-3-4-8-22(19)23/h3-4,6,8,14-16,21,23H,5,7,9-13,17H2,1-2H3/t23-/m1/s1. The van der Waals surface area contributed by atoms with Gasteiger partial charge in [-0.05, 0) is 56.2 Å². The number of alkyl halides is 3. The van der Waals surface area contributed by atoms with Gasteiger partial charge in [-0.2, -0.15) is 23.4 Å². The van der Waals surface area contributed by atoms with Crippen LogP contribution >= 0.6 is 0 Å². The number of benzene rings is 1. The molecule has 1 saturated heterocycles. The van der Waals surface area contributed by atoms with Crippen molar-refractivity contribution in [3.05, 3.63) is 70.8 Å². The Morgan fingerprint density at radius 1 is 1.13 bits per heavy atom. The van der Waals surface area contributed by atoms with Crippen LogP contribution in [0.1, 0.15) is 70.6 Å². The maximum absolute atomic E-state index is 13.3. The summed E-state index contributed by atoms with van der Waals surface area (Å²) in [6.07, 6.45) is 3.11. The molecule has 0 unspecified atom stereocenters. The quantitative estimate of drug-likeness (QED) is 0.491. The molecule has 202 valence electrons. The van der Waals surface area contributed by atoms with Gasteiger partial charge in [-0.3, -0.25) is 19.0 Å². The van der Waals surface area contributed by atoms with Crippen LogP contribution in [0.2, 0.25) is 0 Å². The van der Waals surface area contributed by atoms with E-state index in [-0.39, 0.29) is 36.1 Å². The highest BCUT2D eigenvalue weighted by molar-refractivity contribution is 5.93. The van der Waals surface area contributed by atoms with Crippen LogP contribution in [-0.4, -0.2) is 61.3 Å². The summed E-state index contributed by atoms with van der Waals surface area (Å²) in [6, 6.07) is 9.30. The van der Waals surface area contributed by atoms with Crippen LogP contribution in [0.15, 0.2) is 42.7 Å². The molecule has 1 fully saturated rings. The molecule has 3 aromatic rings. The first kappa shape index (κ1) is 26.0. The second-order valence-electron chi connectivity index (χ2n) is 10.2. The first-order chi connectivity index (χ1) is 18.1. The molecule has 1 atom stereocenters. The number of amides is 2. The van der Waals surface area contributed by atoms with Gasteiger partial charge >= 0.3 is 6.18 Å². The third-order valence-corrected chi connectivity index (χ3v) is 7.72. The van der Waals surface area contributed by atoms with E-state index < -0.39 is 11.9 Å². The summed E-state index contributed by atoms with van der Waals surface area (Å²) in [4.78, 5) is 29.5. The summed E-state index contributed by atoms with van der Waals surface area (Å²) >= 11 is 0. The van der Waals surface area contributed by atoms with Crippen molar-refractivity contribution in [2.45, 2.75) is 63.8 Å². The molecule has 2 aromatic heterocycles. The van der Waals surface area contributed by atoms with E-state index in [0.29, 0.717) is 31.5 Å². The molecule has 0 N–H and O–H groups in total. The Balaban J connectivity index is 1.18. The molecule has 11 heteroatoms. The zero-order chi connectivity index (χ0) is 27.0. The minimum atomic E-state index is -4.54. The van der Waals surface area contributed by atoms with Gasteiger partial charge in [-0.15, -0.1) is 0 Å². The Kier molecular flexibility index (Phi) is 7.02. The average molecular weight is 529 g/mol. The maximum Gasteiger partial charge on any atom is 0.435 e. The Morgan fingerprint density at radius 3 is 2.58 bits per heavy atom. The van der Waals surface area contributed by atoms with E-state index in [1.807, 2.05) is 24.1 Å². The van der Waals surface area contributed by atoms with Gasteiger partial charge < -0.3 is 9.80 Å². The number of fused-ring (bicyclic) bond motifs is 1. The number of nitrogens with zero attached hydrogens (tertiary/aromatic N) is 6. The van der Waals surface area contributed by atoms with Crippen LogP contribution in [0.3, 0.4) is 0 Å². The lowest BCUT2D eigenvalue weighted by Crippen LogP contribution is -2.41. The normalized spacial score (nSPS) is 18.3. The van der Waals surface area contributed by atoms with E-state index in [2.05, 4.69) is 22.3 Å². The van der Waals surface area contributed by atoms with Crippen molar-refractivity contribution < 1.29 is 22.8 Å². The van der Waals surface area contributed by atoms with Gasteiger partial charge in [0.2, 0.25) is 5.91 Å². The lowest BCUT2D eigenvalue weighted by molar-refractivity contribution is -0.142. The van der Waals surface area contributed by atoms with Gasteiger partial charge in [-0.25, -0.2) is 0 Å². The molecule has 2 aliphatic rings. The zero-order valence-electron chi connectivity index (χ0n) is 21.5. The molecular formula is C27H31F3N6O2. The molecule has 0 radical (unpaired) electrons. The zero-order valence-corrected chi connectivity index (χ0v) is 21.5. The predicted molar refractivity (Wildman–Crippen MR) is 133 cm³/mol. The number of carbonyl (C=O) groups excluding carboxylic acids is 2. The van der Waals surface area contributed by atoms with E-state index >= 15 is 0 Å². The molecule has 1 aliphatic heterocycles. The molecule has 0 saturated carbocycles. The van der Waals surface area contributed by atoms with Crippen molar-refractivity contribution in [3.63, 3.8) is 0 Å². The SMILES string of the molecule is Cc1cc(C(F)(F)F)nn1CC(=O)N1CCC(n2cc(C(=O)N(C)[C@@H]3CCCc4ccccc43)cn2)CC1. The highest BCUT2D eigenvalue weighted by Gasteiger charge is 2.35. The van der Waals surface area contributed by atoms with Gasteiger partial charge in [-0.1, -0.05) is 24.3 Å². The lowest BCUT2D eigenvalue weighted by Gasteiger charge is -2.33. The Morgan fingerprint density at radius 2 is 1.87 bits per heavy atom. The van der Waals surface area contributed by atoms with Crippen molar-refractivity contribution in [1.29, 1.82) is 0 Å². The molecule has 1 aromatic carbocycles. The number of hydrogen-bond donors (Lipinski definition) is 0. The third-order valence-electron chi connectivity index (χ3n) is 7.72. The van der Waals surface area contributed by atoms with Crippen LogP contribution in [0.5, 0.6) is 0 Å². The highest BCUT2D eigenvalue weighted by atomic mass is 19.4. The molecular weight excluding hydrogens is 497 g/mol. The van der Waals surface area contributed by atoms with Crippen molar-refractivity contribution in [2.75, 3.05) is 20.1 Å². The number of piperidine rings is 1. The summed E-state index contributed by atoms with van der Waals surface area (Å²) < 4.78 is 41.7. The molecule has 0 bridgehead atoms. The molecule has 0 spiro atoms. The molecule has 8 nitrogen and oxygen atoms in total. The lowest BCUT2D eigenvalue weighted by atomic mass is 9.87. The topological polar surface area (TPSA) is 76.3 Å². The van der Waals surface area contributed by atoms with Gasteiger partial charge in [0.05, 0.1) is 23.8 Å². The van der Waals surface area contributed by atoms with Gasteiger partial charge in [0.15, 0.2) is 5.69 Å². The molecule has 1 aliphatic carbocycles. The summed E-state index contributed by atoms with van der Waals surface area (Å²) in [7, 11) is 1.84. The molecule has 5 rings (SSSR count). The summed E-state index contributed by atoms with van der Waals surface area (Å²) in [5, 5.41) is 8.00. The van der Waals surface area contributed by atoms with Crippen molar-refractivity contribution in [1.82, 2.24) is 29.4 Å². The maximum atomic E-state index is 13.3. The van der Waals surface area contributed by atoms with Crippen LogP contribution in [0.25, 0.3) is 0 Å². The first-order valence-corrected chi connectivity index (χ1v) is 12.9. The third kappa shape index (κ3) is 5.19. The van der Waals surface area contributed by atoms with Crippen LogP contribution in [0, 0.1) is 6.92 Å². The molecule has 38 heavy (non-hydrogen) atoms. The summed E-state index contributed by atoms with van der Waals surface area (Å²) in [5.74, 6) is -0.340. The molecule has 2 amide bonds. The second-order valence-corrected chi connectivity index (χ2v) is 10.2. The minimum Gasteiger partial charge on any atom is -0.341 e. The van der Waals surface area contributed by atoms with Crippen molar-refractivity contribution in [2.24, 2.45) is 0 Å². The number of aryl methyl sites for hydroxylation is 2. The van der Waals surface area contributed by atoms with E-state index in [9.17, 15) is 22.8 Å². The number of rotatable bonds is 5. The number of likely N-dealkylation sites (tertiary alicyclic amines) is 1. The number of carbonyl (C=O) groups is 2. The number of halogens is 3. The van der Waals surface area contributed by atoms with Crippen molar-refractivity contribution in [3.8, 4) is 0 Å².